The van der Waals surface area contributed by atoms with E-state index in [1.807, 2.05) is 6.07 Å². The first kappa shape index (κ1) is 39.8. The van der Waals surface area contributed by atoms with Crippen LogP contribution in [0.1, 0.15) is 122 Å². The summed E-state index contributed by atoms with van der Waals surface area (Å²) in [5.74, 6) is -2.04. The fraction of sp³-hybridized carbons (Fsp3) is 0.568. The van der Waals surface area contributed by atoms with Crippen molar-refractivity contribution in [2.45, 2.75) is 129 Å². The number of rotatable bonds is 26. The quantitative estimate of drug-likeness (QED) is 0.0484. The molecule has 3 aromatic rings. The molecule has 1 atom stereocenters. The number of anilines is 2. The van der Waals surface area contributed by atoms with Gasteiger partial charge < -0.3 is 15.2 Å². The van der Waals surface area contributed by atoms with Crippen LogP contribution >= 0.6 is 0 Å². The number of tetrazole rings is 1. The number of hydrazine groups is 1. The number of hydrogen-bond acceptors (Lipinski definition) is 8. The zero-order valence-corrected chi connectivity index (χ0v) is 29.5. The standard InChI is InChI=1S/C37H55N7O6/c1-2-3-4-5-6-7-8-9-10-11-12-13-14-15-16-18-21-30(35(46)47)28-34(45)38-31-24-26-32(27-25-31)39-40-36(48)50-29-43-37(49)44(42-41-43)33-22-19-17-20-23-33/h17,19-20,22-27,30,39H,2-16,18,21,28-29H2,1H3,(H,38,45)(H,40,48)(H,46,47). The molecule has 1 heterocycles. The molecule has 1 aromatic heterocycles. The molecule has 50 heavy (non-hydrogen) atoms. The molecule has 13 heteroatoms. The number of unbranched alkanes of at least 4 members (excludes halogenated alkanes) is 15. The van der Waals surface area contributed by atoms with E-state index in [0.29, 0.717) is 23.5 Å². The summed E-state index contributed by atoms with van der Waals surface area (Å²) < 4.78 is 7.02. The fourth-order valence-corrected chi connectivity index (χ4v) is 5.69. The lowest BCUT2D eigenvalue weighted by Crippen LogP contribution is -2.32. The molecule has 2 aromatic carbocycles. The summed E-state index contributed by atoms with van der Waals surface area (Å²) in [6.07, 6.45) is 19.7. The zero-order valence-electron chi connectivity index (χ0n) is 29.5. The number of hydrogen-bond donors (Lipinski definition) is 4. The Morgan fingerprint density at radius 3 is 1.84 bits per heavy atom. The number of carbonyl (C=O) groups excluding carboxylic acids is 2. The lowest BCUT2D eigenvalue weighted by atomic mass is 9.96. The number of amides is 2. The van der Waals surface area contributed by atoms with Crippen LogP contribution in [-0.2, 0) is 21.1 Å². The Morgan fingerprint density at radius 2 is 1.28 bits per heavy atom. The Kier molecular flexibility index (Phi) is 18.8. The lowest BCUT2D eigenvalue weighted by molar-refractivity contribution is -0.143. The topological polar surface area (TPSA) is 169 Å². The van der Waals surface area contributed by atoms with E-state index < -0.39 is 30.4 Å². The van der Waals surface area contributed by atoms with E-state index in [4.69, 9.17) is 4.74 Å². The van der Waals surface area contributed by atoms with Gasteiger partial charge in [-0.3, -0.25) is 15.0 Å². The molecule has 13 nitrogen and oxygen atoms in total. The third-order valence-electron chi connectivity index (χ3n) is 8.62. The van der Waals surface area contributed by atoms with Crippen molar-refractivity contribution in [1.82, 2.24) is 25.2 Å². The Labute approximate surface area is 295 Å². The molecular weight excluding hydrogens is 638 g/mol. The molecule has 274 valence electrons. The van der Waals surface area contributed by atoms with Gasteiger partial charge in [-0.2, -0.15) is 9.36 Å². The van der Waals surface area contributed by atoms with Gasteiger partial charge in [-0.15, -0.1) is 0 Å². The number of aromatic nitrogens is 4. The summed E-state index contributed by atoms with van der Waals surface area (Å²) in [6.45, 7) is 1.81. The highest BCUT2D eigenvalue weighted by Gasteiger charge is 2.21. The van der Waals surface area contributed by atoms with Gasteiger partial charge in [0.15, 0.2) is 6.73 Å². The number of carbonyl (C=O) groups is 3. The van der Waals surface area contributed by atoms with Gasteiger partial charge in [0.1, 0.15) is 0 Å². The first-order chi connectivity index (χ1) is 24.4. The molecule has 2 amide bonds. The van der Waals surface area contributed by atoms with Crippen molar-refractivity contribution in [3.63, 3.8) is 0 Å². The molecular formula is C37H55N7O6. The molecule has 0 saturated heterocycles. The smallest absolute Gasteiger partial charge is 0.427 e. The van der Waals surface area contributed by atoms with E-state index in [1.54, 1.807) is 48.5 Å². The van der Waals surface area contributed by atoms with Crippen LogP contribution in [0, 0.1) is 5.92 Å². The molecule has 0 aliphatic rings. The predicted octanol–water partition coefficient (Wildman–Crippen LogP) is 7.82. The summed E-state index contributed by atoms with van der Waals surface area (Å²) >= 11 is 0. The van der Waals surface area contributed by atoms with Crippen LogP contribution in [0.15, 0.2) is 59.4 Å². The normalized spacial score (nSPS) is 11.5. The van der Waals surface area contributed by atoms with Crippen LogP contribution in [0.5, 0.6) is 0 Å². The largest absolute Gasteiger partial charge is 0.481 e. The highest BCUT2D eigenvalue weighted by molar-refractivity contribution is 5.93. The maximum atomic E-state index is 12.6. The van der Waals surface area contributed by atoms with Gasteiger partial charge in [0.25, 0.3) is 0 Å². The minimum absolute atomic E-state index is 0.0936. The van der Waals surface area contributed by atoms with Crippen molar-refractivity contribution in [3.8, 4) is 5.69 Å². The number of para-hydroxylation sites is 1. The minimum Gasteiger partial charge on any atom is -0.481 e. The maximum Gasteiger partial charge on any atom is 0.427 e. The number of nitrogens with zero attached hydrogens (tertiary/aromatic N) is 4. The van der Waals surface area contributed by atoms with Crippen LogP contribution in [0.2, 0.25) is 0 Å². The Balaban J connectivity index is 1.23. The maximum absolute atomic E-state index is 12.6. The summed E-state index contributed by atoms with van der Waals surface area (Å²) in [7, 11) is 0. The molecule has 3 rings (SSSR count). The molecule has 0 aliphatic carbocycles. The summed E-state index contributed by atoms with van der Waals surface area (Å²) in [5.41, 5.74) is 5.98. The molecule has 0 bridgehead atoms. The van der Waals surface area contributed by atoms with Gasteiger partial charge in [0.05, 0.1) is 17.3 Å². The second kappa shape index (κ2) is 23.6. The third kappa shape index (κ3) is 15.7. The van der Waals surface area contributed by atoms with Crippen molar-refractivity contribution < 1.29 is 24.2 Å². The lowest BCUT2D eigenvalue weighted by Gasteiger charge is -2.13. The van der Waals surface area contributed by atoms with Gasteiger partial charge in [0, 0.05) is 12.1 Å². The van der Waals surface area contributed by atoms with Gasteiger partial charge >= 0.3 is 17.8 Å². The van der Waals surface area contributed by atoms with E-state index in [0.717, 1.165) is 28.6 Å². The van der Waals surface area contributed by atoms with Crippen molar-refractivity contribution >= 4 is 29.3 Å². The van der Waals surface area contributed by atoms with Crippen molar-refractivity contribution in [3.05, 3.63) is 65.1 Å². The molecule has 4 N–H and O–H groups in total. The monoisotopic (exact) mass is 693 g/mol. The van der Waals surface area contributed by atoms with Crippen LogP contribution < -0.4 is 21.9 Å². The van der Waals surface area contributed by atoms with E-state index in [-0.39, 0.29) is 12.3 Å². The summed E-state index contributed by atoms with van der Waals surface area (Å²) in [6, 6.07) is 15.2. The number of ether oxygens (including phenoxy) is 1. The predicted molar refractivity (Wildman–Crippen MR) is 194 cm³/mol. The van der Waals surface area contributed by atoms with Crippen molar-refractivity contribution in [1.29, 1.82) is 0 Å². The minimum atomic E-state index is -0.954. The number of aliphatic carboxylic acids is 1. The van der Waals surface area contributed by atoms with Gasteiger partial charge in [0.2, 0.25) is 5.91 Å². The first-order valence-corrected chi connectivity index (χ1v) is 18.3. The second-order valence-electron chi connectivity index (χ2n) is 12.8. The van der Waals surface area contributed by atoms with Crippen LogP contribution in [0.25, 0.3) is 5.69 Å². The van der Waals surface area contributed by atoms with Gasteiger partial charge in [-0.05, 0) is 53.2 Å². The Morgan fingerprint density at radius 1 is 0.740 bits per heavy atom. The van der Waals surface area contributed by atoms with E-state index in [1.165, 1.54) is 83.5 Å². The second-order valence-corrected chi connectivity index (χ2v) is 12.8. The van der Waals surface area contributed by atoms with E-state index in [2.05, 4.69) is 33.5 Å². The number of benzene rings is 2. The first-order valence-electron chi connectivity index (χ1n) is 18.3. The third-order valence-corrected chi connectivity index (χ3v) is 8.62. The zero-order chi connectivity index (χ0) is 35.8. The van der Waals surface area contributed by atoms with Crippen LogP contribution in [0.3, 0.4) is 0 Å². The van der Waals surface area contributed by atoms with Crippen molar-refractivity contribution in [2.75, 3.05) is 10.7 Å². The van der Waals surface area contributed by atoms with Crippen molar-refractivity contribution in [2.24, 2.45) is 5.92 Å². The highest BCUT2D eigenvalue weighted by Crippen LogP contribution is 2.19. The average molecular weight is 694 g/mol. The highest BCUT2D eigenvalue weighted by atomic mass is 16.6. The Hall–Kier alpha value is -4.68. The van der Waals surface area contributed by atoms with Gasteiger partial charge in [-0.25, -0.2) is 15.0 Å². The summed E-state index contributed by atoms with van der Waals surface area (Å²) in [5, 5.41) is 19.9. The molecule has 0 aliphatic heterocycles. The van der Waals surface area contributed by atoms with Crippen LogP contribution in [0.4, 0.5) is 16.2 Å². The number of carboxylic acids is 1. The molecule has 1 unspecified atom stereocenters. The Bertz CT molecular complexity index is 1460. The SMILES string of the molecule is CCCCCCCCCCCCCCCCCCC(CC(=O)Nc1ccc(NNC(=O)OCn2nnn(-c3ccccc3)c2=O)cc1)C(=O)O. The fourth-order valence-electron chi connectivity index (χ4n) is 5.69. The summed E-state index contributed by atoms with van der Waals surface area (Å²) in [4.78, 5) is 48.9. The number of nitrogens with one attached hydrogen (secondary N) is 3. The molecule has 0 spiro atoms. The molecule has 0 saturated carbocycles. The molecule has 0 fully saturated rings. The van der Waals surface area contributed by atoms with E-state index in [9.17, 15) is 24.3 Å². The average Bonchev–Trinajstić information content (AvgIpc) is 3.49. The van der Waals surface area contributed by atoms with E-state index >= 15 is 0 Å². The number of carboxylic acid groups (broad SMARTS) is 1. The van der Waals surface area contributed by atoms with Crippen LogP contribution in [-0.4, -0.2) is 42.9 Å². The molecule has 0 radical (unpaired) electrons. The van der Waals surface area contributed by atoms with Gasteiger partial charge in [-0.1, -0.05) is 128 Å².